The number of carbonyl (C=O) groups is 2. The Kier molecular flexibility index (Phi) is 10.4. The van der Waals surface area contributed by atoms with E-state index in [2.05, 4.69) is 41.0 Å². The zero-order chi connectivity index (χ0) is 31.6. The maximum absolute atomic E-state index is 13.1. The van der Waals surface area contributed by atoms with Crippen molar-refractivity contribution in [3.8, 4) is 0 Å². The van der Waals surface area contributed by atoms with Gasteiger partial charge in [-0.1, -0.05) is 115 Å². The molecule has 5 aromatic rings. The largest absolute Gasteiger partial charge is 0.380 e. The quantitative estimate of drug-likeness (QED) is 0.0740. The van der Waals surface area contributed by atoms with Crippen molar-refractivity contribution in [1.82, 2.24) is 10.0 Å². The van der Waals surface area contributed by atoms with Gasteiger partial charge in [0.1, 0.15) is 5.60 Å². The predicted molar refractivity (Wildman–Crippen MR) is 176 cm³/mol. The molecule has 1 heterocycles. The van der Waals surface area contributed by atoms with E-state index in [4.69, 9.17) is 5.21 Å². The van der Waals surface area contributed by atoms with Crippen molar-refractivity contribution in [3.63, 3.8) is 0 Å². The number of rotatable bonds is 14. The first-order valence-electron chi connectivity index (χ1n) is 15.5. The van der Waals surface area contributed by atoms with E-state index in [1.165, 1.54) is 11.1 Å². The zero-order valence-corrected chi connectivity index (χ0v) is 25.7. The molecule has 1 aromatic heterocycles. The van der Waals surface area contributed by atoms with E-state index in [1.54, 1.807) is 12.4 Å². The number of benzene rings is 4. The van der Waals surface area contributed by atoms with Gasteiger partial charge in [-0.25, -0.2) is 5.48 Å². The molecular formula is C39H40N2O4. The molecular weight excluding hydrogens is 560 g/mol. The number of nitrogens with one attached hydrogen (secondary N) is 1. The predicted octanol–water partition coefficient (Wildman–Crippen LogP) is 6.83. The molecule has 45 heavy (non-hydrogen) atoms. The number of nitrogens with zero attached hydrogens (tertiary/aromatic N) is 1. The number of amides is 1. The summed E-state index contributed by atoms with van der Waals surface area (Å²) in [5.41, 5.74) is 7.93. The van der Waals surface area contributed by atoms with Gasteiger partial charge in [0, 0.05) is 25.6 Å². The first-order chi connectivity index (χ1) is 21.9. The van der Waals surface area contributed by atoms with Crippen molar-refractivity contribution in [2.24, 2.45) is 0 Å². The normalized spacial score (nSPS) is 11.4. The highest BCUT2D eigenvalue weighted by molar-refractivity contribution is 5.93. The maximum atomic E-state index is 13.1. The SMILES string of the molecule is CC(=O)c1cc(CCC(=O)NO)c(CCC(O)(c2ccccc2)c2ccccc2)n1Cc1ccccc1CCc1ccccc1. The molecule has 6 nitrogen and oxygen atoms in total. The van der Waals surface area contributed by atoms with Gasteiger partial charge in [0.15, 0.2) is 5.78 Å². The van der Waals surface area contributed by atoms with Crippen LogP contribution in [-0.2, 0) is 42.6 Å². The summed E-state index contributed by atoms with van der Waals surface area (Å²) in [5, 5.41) is 21.5. The van der Waals surface area contributed by atoms with Gasteiger partial charge in [0.2, 0.25) is 5.91 Å². The first-order valence-corrected chi connectivity index (χ1v) is 15.5. The minimum atomic E-state index is -1.28. The third kappa shape index (κ3) is 7.66. The molecule has 1 amide bonds. The standard InChI is InChI=1S/C39H40N2O4/c1-29(42)37-27-32(23-24-38(43)40-45)36(25-26-39(44,34-17-7-3-8-18-34)35-19-9-4-10-20-35)41(37)28-33-16-12-11-15-31(33)22-21-30-13-5-2-6-14-30/h2-20,27,44-45H,21-26,28H2,1H3,(H,40,43). The molecule has 6 heteroatoms. The van der Waals surface area contributed by atoms with Crippen LogP contribution in [-0.4, -0.2) is 26.6 Å². The number of hydrogen-bond donors (Lipinski definition) is 3. The summed E-state index contributed by atoms with van der Waals surface area (Å²) in [4.78, 5) is 25.1. The number of carbonyl (C=O) groups excluding carboxylic acids is 2. The van der Waals surface area contributed by atoms with E-state index >= 15 is 0 Å². The van der Waals surface area contributed by atoms with Gasteiger partial charge < -0.3 is 9.67 Å². The summed E-state index contributed by atoms with van der Waals surface area (Å²) in [7, 11) is 0. The molecule has 0 radical (unpaired) electrons. The van der Waals surface area contributed by atoms with E-state index < -0.39 is 11.5 Å². The lowest BCUT2D eigenvalue weighted by Crippen LogP contribution is -2.28. The average Bonchev–Trinajstić information content (AvgIpc) is 3.43. The van der Waals surface area contributed by atoms with Crippen molar-refractivity contribution < 1.29 is 19.9 Å². The van der Waals surface area contributed by atoms with Gasteiger partial charge in [-0.15, -0.1) is 0 Å². The highest BCUT2D eigenvalue weighted by atomic mass is 16.5. The van der Waals surface area contributed by atoms with E-state index in [-0.39, 0.29) is 12.2 Å². The zero-order valence-electron chi connectivity index (χ0n) is 25.7. The summed E-state index contributed by atoms with van der Waals surface area (Å²) < 4.78 is 2.06. The summed E-state index contributed by atoms with van der Waals surface area (Å²) in [5.74, 6) is -0.563. The van der Waals surface area contributed by atoms with Crippen LogP contribution in [0.5, 0.6) is 0 Å². The van der Waals surface area contributed by atoms with Crippen molar-refractivity contribution in [2.75, 3.05) is 0 Å². The second kappa shape index (κ2) is 14.8. The topological polar surface area (TPSA) is 91.6 Å². The van der Waals surface area contributed by atoms with Crippen LogP contribution >= 0.6 is 0 Å². The van der Waals surface area contributed by atoms with Crippen LogP contribution in [0.2, 0.25) is 0 Å². The average molecular weight is 601 g/mol. The number of hydroxylamine groups is 1. The molecule has 0 saturated carbocycles. The second-order valence-corrected chi connectivity index (χ2v) is 11.5. The number of aryl methyl sites for hydroxylation is 3. The fraction of sp³-hybridized carbons (Fsp3) is 0.231. The van der Waals surface area contributed by atoms with Gasteiger partial charge in [-0.2, -0.15) is 0 Å². The third-order valence-electron chi connectivity index (χ3n) is 8.60. The Bertz CT molecular complexity index is 1670. The molecule has 0 saturated heterocycles. The lowest BCUT2D eigenvalue weighted by atomic mass is 9.82. The Morgan fingerprint density at radius 1 is 0.689 bits per heavy atom. The second-order valence-electron chi connectivity index (χ2n) is 11.5. The fourth-order valence-electron chi connectivity index (χ4n) is 6.17. The lowest BCUT2D eigenvalue weighted by molar-refractivity contribution is -0.129. The van der Waals surface area contributed by atoms with Gasteiger partial charge in [0.25, 0.3) is 0 Å². The van der Waals surface area contributed by atoms with E-state index in [1.807, 2.05) is 84.9 Å². The molecule has 0 aliphatic carbocycles. The van der Waals surface area contributed by atoms with Crippen LogP contribution in [0.3, 0.4) is 0 Å². The molecule has 230 valence electrons. The molecule has 0 spiro atoms. The molecule has 3 N–H and O–H groups in total. The minimum absolute atomic E-state index is 0.0696. The van der Waals surface area contributed by atoms with Crippen molar-refractivity contribution in [2.45, 2.75) is 57.6 Å². The Balaban J connectivity index is 1.53. The van der Waals surface area contributed by atoms with Crippen LogP contribution in [0.25, 0.3) is 0 Å². The highest BCUT2D eigenvalue weighted by Crippen LogP contribution is 2.35. The summed E-state index contributed by atoms with van der Waals surface area (Å²) in [6.45, 7) is 2.04. The van der Waals surface area contributed by atoms with Crippen molar-refractivity contribution in [1.29, 1.82) is 0 Å². The number of hydrogen-bond acceptors (Lipinski definition) is 4. The molecule has 0 fully saturated rings. The van der Waals surface area contributed by atoms with Gasteiger partial charge in [-0.3, -0.25) is 14.8 Å². The molecule has 0 aliphatic heterocycles. The van der Waals surface area contributed by atoms with Crippen LogP contribution in [0.15, 0.2) is 121 Å². The fourth-order valence-corrected chi connectivity index (χ4v) is 6.17. The minimum Gasteiger partial charge on any atom is -0.380 e. The Labute approximate surface area is 265 Å². The smallest absolute Gasteiger partial charge is 0.243 e. The first kappa shape index (κ1) is 31.6. The van der Waals surface area contributed by atoms with E-state index in [0.29, 0.717) is 31.5 Å². The van der Waals surface area contributed by atoms with E-state index in [0.717, 1.165) is 40.8 Å². The molecule has 0 bridgehead atoms. The van der Waals surface area contributed by atoms with Gasteiger partial charge in [-0.05, 0) is 71.6 Å². The Morgan fingerprint density at radius 2 is 1.24 bits per heavy atom. The monoisotopic (exact) mass is 600 g/mol. The number of Topliss-reactive ketones (excluding diaryl/α,β-unsaturated/α-hetero) is 1. The summed E-state index contributed by atoms with van der Waals surface area (Å²) >= 11 is 0. The maximum Gasteiger partial charge on any atom is 0.243 e. The van der Waals surface area contributed by atoms with Crippen molar-refractivity contribution in [3.05, 3.63) is 166 Å². The number of aliphatic hydroxyl groups is 1. The van der Waals surface area contributed by atoms with E-state index in [9.17, 15) is 14.7 Å². The van der Waals surface area contributed by atoms with Crippen LogP contribution < -0.4 is 5.48 Å². The third-order valence-corrected chi connectivity index (χ3v) is 8.60. The van der Waals surface area contributed by atoms with Crippen LogP contribution in [0.1, 0.15) is 69.3 Å². The number of ketones is 1. The Morgan fingerprint density at radius 3 is 1.82 bits per heavy atom. The Hall–Kier alpha value is -4.78. The number of aromatic nitrogens is 1. The van der Waals surface area contributed by atoms with Gasteiger partial charge in [0.05, 0.1) is 5.69 Å². The summed E-state index contributed by atoms with van der Waals surface area (Å²) in [6.07, 6.45) is 2.99. The lowest BCUT2D eigenvalue weighted by Gasteiger charge is -2.30. The molecule has 0 atom stereocenters. The molecule has 0 unspecified atom stereocenters. The van der Waals surface area contributed by atoms with Gasteiger partial charge >= 0.3 is 0 Å². The summed E-state index contributed by atoms with van der Waals surface area (Å²) in [6, 6.07) is 39.9. The van der Waals surface area contributed by atoms with Crippen molar-refractivity contribution >= 4 is 11.7 Å². The molecule has 0 aliphatic rings. The molecule has 5 rings (SSSR count). The van der Waals surface area contributed by atoms with Crippen LogP contribution in [0, 0.1) is 0 Å². The molecule has 4 aromatic carbocycles. The highest BCUT2D eigenvalue weighted by Gasteiger charge is 2.32. The van der Waals surface area contributed by atoms with Crippen LogP contribution in [0.4, 0.5) is 0 Å².